The minimum Gasteiger partial charge on any atom is -0.391 e. The van der Waals surface area contributed by atoms with Crippen molar-refractivity contribution in [2.75, 3.05) is 13.7 Å². The number of ether oxygens (including phenoxy) is 1. The molecule has 0 fully saturated rings. The number of aliphatic hydroxyl groups is 1. The van der Waals surface area contributed by atoms with Gasteiger partial charge in [0, 0.05) is 12.1 Å². The van der Waals surface area contributed by atoms with Crippen molar-refractivity contribution in [3.8, 4) is 0 Å². The monoisotopic (exact) mass is 214 g/mol. The van der Waals surface area contributed by atoms with E-state index in [1.807, 2.05) is 24.3 Å². The Balaban J connectivity index is 2.34. The number of hydrogen-bond acceptors (Lipinski definition) is 2. The largest absolute Gasteiger partial charge is 0.391 e. The van der Waals surface area contributed by atoms with Gasteiger partial charge in [0.25, 0.3) is 0 Å². The molecule has 1 rings (SSSR count). The summed E-state index contributed by atoms with van der Waals surface area (Å²) in [6, 6.07) is 7.67. The first-order chi connectivity index (χ1) is 6.72. The molecule has 1 N–H and O–H groups in total. The zero-order valence-corrected chi connectivity index (χ0v) is 9.00. The second kappa shape index (κ2) is 6.02. The van der Waals surface area contributed by atoms with Crippen LogP contribution in [0.2, 0.25) is 5.02 Å². The van der Waals surface area contributed by atoms with Crippen LogP contribution in [0.15, 0.2) is 24.3 Å². The van der Waals surface area contributed by atoms with Crippen LogP contribution in [0.4, 0.5) is 0 Å². The first kappa shape index (κ1) is 11.5. The molecule has 0 aromatic heterocycles. The predicted octanol–water partition coefficient (Wildman–Crippen LogP) is 2.28. The quantitative estimate of drug-likeness (QED) is 0.815. The van der Waals surface area contributed by atoms with Crippen LogP contribution in [0.5, 0.6) is 0 Å². The van der Waals surface area contributed by atoms with Crippen LogP contribution in [0.25, 0.3) is 0 Å². The van der Waals surface area contributed by atoms with Gasteiger partial charge < -0.3 is 9.84 Å². The highest BCUT2D eigenvalue weighted by Gasteiger charge is 2.03. The van der Waals surface area contributed by atoms with Gasteiger partial charge >= 0.3 is 0 Å². The van der Waals surface area contributed by atoms with Crippen LogP contribution < -0.4 is 0 Å². The molecule has 0 aliphatic rings. The molecule has 0 spiro atoms. The SMILES string of the molecule is COCC(O)CCc1ccc(Cl)cc1. The third-order valence-corrected chi connectivity index (χ3v) is 2.29. The Morgan fingerprint density at radius 2 is 2.00 bits per heavy atom. The Hall–Kier alpha value is -0.570. The molecule has 0 amide bonds. The first-order valence-corrected chi connectivity index (χ1v) is 5.01. The minimum atomic E-state index is -0.379. The fourth-order valence-electron chi connectivity index (χ4n) is 1.26. The number of aliphatic hydroxyl groups excluding tert-OH is 1. The minimum absolute atomic E-state index is 0.379. The molecule has 0 aliphatic carbocycles. The molecule has 0 radical (unpaired) electrons. The highest BCUT2D eigenvalue weighted by atomic mass is 35.5. The van der Waals surface area contributed by atoms with Crippen molar-refractivity contribution in [2.45, 2.75) is 18.9 Å². The highest BCUT2D eigenvalue weighted by Crippen LogP contribution is 2.11. The predicted molar refractivity (Wildman–Crippen MR) is 57.7 cm³/mol. The Bertz CT molecular complexity index is 258. The standard InChI is InChI=1S/C11H15ClO2/c1-14-8-11(13)7-4-9-2-5-10(12)6-3-9/h2-3,5-6,11,13H,4,7-8H2,1H3. The van der Waals surface area contributed by atoms with E-state index in [1.165, 1.54) is 5.56 Å². The molecule has 14 heavy (non-hydrogen) atoms. The van der Waals surface area contributed by atoms with Gasteiger partial charge in [-0.1, -0.05) is 23.7 Å². The molecule has 0 heterocycles. The average Bonchev–Trinajstić information content (AvgIpc) is 2.17. The van der Waals surface area contributed by atoms with Crippen LogP contribution in [-0.2, 0) is 11.2 Å². The van der Waals surface area contributed by atoms with E-state index in [1.54, 1.807) is 7.11 Å². The number of benzene rings is 1. The second-order valence-corrected chi connectivity index (χ2v) is 3.71. The number of methoxy groups -OCH3 is 1. The lowest BCUT2D eigenvalue weighted by Gasteiger charge is -2.08. The lowest BCUT2D eigenvalue weighted by Crippen LogP contribution is -2.14. The molecule has 1 atom stereocenters. The Labute approximate surface area is 89.5 Å². The van der Waals surface area contributed by atoms with Crippen molar-refractivity contribution in [1.82, 2.24) is 0 Å². The maximum Gasteiger partial charge on any atom is 0.0776 e. The normalized spacial score (nSPS) is 12.8. The summed E-state index contributed by atoms with van der Waals surface area (Å²) in [5.74, 6) is 0. The number of hydrogen-bond donors (Lipinski definition) is 1. The van der Waals surface area contributed by atoms with Gasteiger partial charge in [-0.15, -0.1) is 0 Å². The Morgan fingerprint density at radius 1 is 1.36 bits per heavy atom. The van der Waals surface area contributed by atoms with E-state index in [0.29, 0.717) is 6.61 Å². The van der Waals surface area contributed by atoms with Crippen molar-refractivity contribution >= 4 is 11.6 Å². The molecule has 0 saturated heterocycles. The maximum atomic E-state index is 9.41. The molecular weight excluding hydrogens is 200 g/mol. The number of halogens is 1. The maximum absolute atomic E-state index is 9.41. The topological polar surface area (TPSA) is 29.5 Å². The second-order valence-electron chi connectivity index (χ2n) is 3.27. The molecule has 3 heteroatoms. The van der Waals surface area contributed by atoms with Crippen molar-refractivity contribution in [1.29, 1.82) is 0 Å². The molecule has 0 saturated carbocycles. The molecule has 78 valence electrons. The summed E-state index contributed by atoms with van der Waals surface area (Å²) >= 11 is 5.75. The van der Waals surface area contributed by atoms with Crippen LogP contribution >= 0.6 is 11.6 Å². The summed E-state index contributed by atoms with van der Waals surface area (Å²) in [6.45, 7) is 0.396. The summed E-state index contributed by atoms with van der Waals surface area (Å²) < 4.78 is 4.84. The van der Waals surface area contributed by atoms with E-state index in [2.05, 4.69) is 0 Å². The first-order valence-electron chi connectivity index (χ1n) is 4.64. The third kappa shape index (κ3) is 4.09. The lowest BCUT2D eigenvalue weighted by atomic mass is 10.1. The van der Waals surface area contributed by atoms with Crippen LogP contribution in [0.1, 0.15) is 12.0 Å². The summed E-state index contributed by atoms with van der Waals surface area (Å²) in [5, 5.41) is 10.2. The van der Waals surface area contributed by atoms with Gasteiger partial charge in [-0.3, -0.25) is 0 Å². The molecular formula is C11H15ClO2. The summed E-state index contributed by atoms with van der Waals surface area (Å²) in [4.78, 5) is 0. The molecule has 0 bridgehead atoms. The zero-order chi connectivity index (χ0) is 10.4. The van der Waals surface area contributed by atoms with Crippen molar-refractivity contribution in [2.24, 2.45) is 0 Å². The van der Waals surface area contributed by atoms with Gasteiger partial charge in [-0.2, -0.15) is 0 Å². The molecule has 2 nitrogen and oxygen atoms in total. The third-order valence-electron chi connectivity index (χ3n) is 2.04. The van der Waals surface area contributed by atoms with E-state index in [4.69, 9.17) is 16.3 Å². The average molecular weight is 215 g/mol. The highest BCUT2D eigenvalue weighted by molar-refractivity contribution is 6.30. The molecule has 1 unspecified atom stereocenters. The molecule has 0 aliphatic heterocycles. The molecule has 1 aromatic carbocycles. The Morgan fingerprint density at radius 3 is 2.57 bits per heavy atom. The van der Waals surface area contributed by atoms with E-state index in [-0.39, 0.29) is 6.10 Å². The van der Waals surface area contributed by atoms with Gasteiger partial charge in [0.05, 0.1) is 12.7 Å². The summed E-state index contributed by atoms with van der Waals surface area (Å²) in [6.07, 6.45) is 1.19. The number of aryl methyl sites for hydroxylation is 1. The number of rotatable bonds is 5. The van der Waals surface area contributed by atoms with Gasteiger partial charge in [0.2, 0.25) is 0 Å². The van der Waals surface area contributed by atoms with Gasteiger partial charge in [0.15, 0.2) is 0 Å². The smallest absolute Gasteiger partial charge is 0.0776 e. The summed E-state index contributed by atoms with van der Waals surface area (Å²) in [7, 11) is 1.59. The fraction of sp³-hybridized carbons (Fsp3) is 0.455. The van der Waals surface area contributed by atoms with Crippen LogP contribution in [0, 0.1) is 0 Å². The van der Waals surface area contributed by atoms with E-state index >= 15 is 0 Å². The summed E-state index contributed by atoms with van der Waals surface area (Å²) in [5.41, 5.74) is 1.18. The Kier molecular flexibility index (Phi) is 4.94. The van der Waals surface area contributed by atoms with E-state index in [9.17, 15) is 5.11 Å². The van der Waals surface area contributed by atoms with E-state index in [0.717, 1.165) is 17.9 Å². The van der Waals surface area contributed by atoms with Crippen LogP contribution in [-0.4, -0.2) is 24.9 Å². The fourth-order valence-corrected chi connectivity index (χ4v) is 1.39. The van der Waals surface area contributed by atoms with Gasteiger partial charge in [-0.05, 0) is 30.5 Å². The van der Waals surface area contributed by atoms with Crippen molar-refractivity contribution in [3.05, 3.63) is 34.9 Å². The van der Waals surface area contributed by atoms with Gasteiger partial charge in [0.1, 0.15) is 0 Å². The van der Waals surface area contributed by atoms with Gasteiger partial charge in [-0.25, -0.2) is 0 Å². The van der Waals surface area contributed by atoms with Crippen LogP contribution in [0.3, 0.4) is 0 Å². The lowest BCUT2D eigenvalue weighted by molar-refractivity contribution is 0.0595. The van der Waals surface area contributed by atoms with E-state index < -0.39 is 0 Å². The van der Waals surface area contributed by atoms with Crippen molar-refractivity contribution in [3.63, 3.8) is 0 Å². The molecule has 1 aromatic rings. The zero-order valence-electron chi connectivity index (χ0n) is 8.24. The van der Waals surface area contributed by atoms with Crippen molar-refractivity contribution < 1.29 is 9.84 Å².